The molecule has 3 rings (SSSR count). The molecule has 0 saturated heterocycles. The second-order valence-corrected chi connectivity index (χ2v) is 7.11. The largest absolute Gasteiger partial charge is 0.378 e. The Morgan fingerprint density at radius 2 is 2.18 bits per heavy atom. The summed E-state index contributed by atoms with van der Waals surface area (Å²) >= 11 is 5.67. The monoisotopic (exact) mass is 493 g/mol. The third-order valence-corrected chi connectivity index (χ3v) is 5.34. The number of fused-ring (bicyclic) bond motifs is 1. The van der Waals surface area contributed by atoms with Gasteiger partial charge in [-0.15, -0.1) is 0 Å². The summed E-state index contributed by atoms with van der Waals surface area (Å²) in [5.41, 5.74) is 3.61. The van der Waals surface area contributed by atoms with E-state index in [-0.39, 0.29) is 0 Å². The van der Waals surface area contributed by atoms with Crippen LogP contribution in [0.4, 0.5) is 4.39 Å². The third-order valence-electron chi connectivity index (χ3n) is 3.19. The van der Waals surface area contributed by atoms with Gasteiger partial charge in [0.2, 0.25) is 5.95 Å². The number of pyridine rings is 2. The van der Waals surface area contributed by atoms with Gasteiger partial charge in [-0.05, 0) is 34.1 Å². The number of methoxy groups -OCH3 is 1. The second-order valence-electron chi connectivity index (χ2n) is 4.51. The van der Waals surface area contributed by atoms with Crippen molar-refractivity contribution in [2.75, 3.05) is 7.11 Å². The fourth-order valence-corrected chi connectivity index (χ4v) is 4.39. The summed E-state index contributed by atoms with van der Waals surface area (Å²) in [7, 11) is 3.17. The average Bonchev–Trinajstić information content (AvgIpc) is 2.81. The molecule has 8 heteroatoms. The Bertz CT molecular complexity index is 825. The molecular weight excluding hydrogens is 484 g/mol. The minimum absolute atomic E-state index is 0.427. The molecular formula is C14H10BrFIN3OS. The van der Waals surface area contributed by atoms with Gasteiger partial charge >= 0.3 is 0 Å². The van der Waals surface area contributed by atoms with Crippen molar-refractivity contribution < 1.29 is 9.13 Å². The van der Waals surface area contributed by atoms with E-state index in [1.54, 1.807) is 19.4 Å². The van der Waals surface area contributed by atoms with Gasteiger partial charge < -0.3 is 4.74 Å². The standard InChI is InChI=1S/C14H10BrFIN3OS/c1-21-7-11-13(8-2-3-12(16)18-5-8)10-4-9(15)6-19-14(10)20(11)22-17/h2-6H,7H2,1H3. The molecule has 114 valence electrons. The summed E-state index contributed by atoms with van der Waals surface area (Å²) in [5, 5.41) is 0.971. The summed E-state index contributed by atoms with van der Waals surface area (Å²) in [5.74, 6) is -0.497. The van der Waals surface area contributed by atoms with Crippen LogP contribution < -0.4 is 0 Å². The topological polar surface area (TPSA) is 39.9 Å². The van der Waals surface area contributed by atoms with E-state index < -0.39 is 5.95 Å². The van der Waals surface area contributed by atoms with Crippen molar-refractivity contribution in [1.82, 2.24) is 13.9 Å². The van der Waals surface area contributed by atoms with Crippen molar-refractivity contribution in [2.45, 2.75) is 6.61 Å². The molecule has 0 atom stereocenters. The Balaban J connectivity index is 2.36. The van der Waals surface area contributed by atoms with E-state index in [9.17, 15) is 4.39 Å². The molecule has 3 aromatic rings. The lowest BCUT2D eigenvalue weighted by molar-refractivity contribution is 0.182. The summed E-state index contributed by atoms with van der Waals surface area (Å²) < 4.78 is 21.4. The lowest BCUT2D eigenvalue weighted by atomic mass is 10.1. The van der Waals surface area contributed by atoms with Crippen molar-refractivity contribution >= 4 is 57.3 Å². The summed E-state index contributed by atoms with van der Waals surface area (Å²) in [6.45, 7) is 0.427. The van der Waals surface area contributed by atoms with E-state index in [2.05, 4.69) is 47.1 Å². The van der Waals surface area contributed by atoms with Gasteiger partial charge in [-0.3, -0.25) is 3.97 Å². The zero-order valence-corrected chi connectivity index (χ0v) is 15.9. The number of rotatable bonds is 4. The van der Waals surface area contributed by atoms with E-state index in [4.69, 9.17) is 4.74 Å². The molecule has 22 heavy (non-hydrogen) atoms. The van der Waals surface area contributed by atoms with E-state index in [0.717, 1.165) is 32.3 Å². The average molecular weight is 494 g/mol. The van der Waals surface area contributed by atoms with Gasteiger partial charge in [0.15, 0.2) is 5.65 Å². The van der Waals surface area contributed by atoms with Crippen molar-refractivity contribution in [3.05, 3.63) is 46.7 Å². The Morgan fingerprint density at radius 1 is 1.36 bits per heavy atom. The highest BCUT2D eigenvalue weighted by atomic mass is 127. The first-order valence-electron chi connectivity index (χ1n) is 6.24. The molecule has 0 aliphatic rings. The van der Waals surface area contributed by atoms with Crippen molar-refractivity contribution in [3.63, 3.8) is 0 Å². The molecule has 0 spiro atoms. The Morgan fingerprint density at radius 3 is 2.82 bits per heavy atom. The highest BCUT2D eigenvalue weighted by Crippen LogP contribution is 2.39. The molecule has 0 unspecified atom stereocenters. The van der Waals surface area contributed by atoms with Gasteiger partial charge in [0.05, 0.1) is 12.3 Å². The molecule has 4 nitrogen and oxygen atoms in total. The van der Waals surface area contributed by atoms with E-state index in [1.807, 2.05) is 10.0 Å². The predicted octanol–water partition coefficient (Wildman–Crippen LogP) is 4.99. The minimum atomic E-state index is -0.497. The van der Waals surface area contributed by atoms with Gasteiger partial charge in [0, 0.05) is 70.8 Å². The van der Waals surface area contributed by atoms with Crippen LogP contribution in [0.2, 0.25) is 0 Å². The quantitative estimate of drug-likeness (QED) is 0.379. The Labute approximate surface area is 151 Å². The normalized spacial score (nSPS) is 11.3. The Hall–Kier alpha value is -0.710. The molecule has 3 aromatic heterocycles. The number of hydrogen-bond acceptors (Lipinski definition) is 4. The first-order chi connectivity index (χ1) is 10.7. The van der Waals surface area contributed by atoms with Crippen LogP contribution in [0.1, 0.15) is 5.69 Å². The molecule has 0 fully saturated rings. The fourth-order valence-electron chi connectivity index (χ4n) is 2.35. The second kappa shape index (κ2) is 6.81. The number of aromatic nitrogens is 3. The summed E-state index contributed by atoms with van der Waals surface area (Å²) in [6.07, 6.45) is 3.29. The molecule has 0 aliphatic heterocycles. The molecule has 3 heterocycles. The lowest BCUT2D eigenvalue weighted by Gasteiger charge is -2.07. The van der Waals surface area contributed by atoms with Crippen LogP contribution in [0.3, 0.4) is 0 Å². The van der Waals surface area contributed by atoms with Crippen LogP contribution >= 0.6 is 46.3 Å². The summed E-state index contributed by atoms with van der Waals surface area (Å²) in [6, 6.07) is 5.08. The van der Waals surface area contributed by atoms with Crippen LogP contribution in [0, 0.1) is 5.95 Å². The predicted molar refractivity (Wildman–Crippen MR) is 98.3 cm³/mol. The van der Waals surface area contributed by atoms with Crippen LogP contribution in [0.5, 0.6) is 0 Å². The minimum Gasteiger partial charge on any atom is -0.378 e. The number of hydrogen-bond donors (Lipinski definition) is 0. The molecule has 0 radical (unpaired) electrons. The van der Waals surface area contributed by atoms with Gasteiger partial charge in [-0.1, -0.05) is 0 Å². The number of nitrogens with zero attached hydrogens (tertiary/aromatic N) is 3. The SMILES string of the molecule is COCc1c(-c2ccc(F)nc2)c2cc(Br)cnc2n1SI. The molecule has 0 N–H and O–H groups in total. The third kappa shape index (κ3) is 2.89. The first kappa shape index (κ1) is 16.2. The van der Waals surface area contributed by atoms with Crippen molar-refractivity contribution in [3.8, 4) is 11.1 Å². The molecule has 0 bridgehead atoms. The van der Waals surface area contributed by atoms with Gasteiger partial charge in [-0.25, -0.2) is 9.97 Å². The van der Waals surface area contributed by atoms with Gasteiger partial charge in [0.25, 0.3) is 0 Å². The van der Waals surface area contributed by atoms with Crippen LogP contribution in [0.25, 0.3) is 22.2 Å². The Kier molecular flexibility index (Phi) is 5.00. The van der Waals surface area contributed by atoms with Crippen LogP contribution in [-0.2, 0) is 11.3 Å². The fraction of sp³-hybridized carbons (Fsp3) is 0.143. The highest BCUT2D eigenvalue weighted by Gasteiger charge is 2.20. The first-order valence-corrected chi connectivity index (χ1v) is 10.4. The van der Waals surface area contributed by atoms with E-state index in [0.29, 0.717) is 6.61 Å². The molecule has 0 amide bonds. The number of halogens is 3. The maximum absolute atomic E-state index is 13.1. The van der Waals surface area contributed by atoms with E-state index >= 15 is 0 Å². The van der Waals surface area contributed by atoms with Crippen molar-refractivity contribution in [1.29, 1.82) is 0 Å². The maximum atomic E-state index is 13.1. The molecule has 0 saturated carbocycles. The zero-order valence-electron chi connectivity index (χ0n) is 11.4. The van der Waals surface area contributed by atoms with Crippen LogP contribution in [-0.4, -0.2) is 21.1 Å². The molecule has 0 aliphatic carbocycles. The smallest absolute Gasteiger partial charge is 0.212 e. The number of ether oxygens (including phenoxy) is 1. The van der Waals surface area contributed by atoms with Gasteiger partial charge in [0.1, 0.15) is 0 Å². The van der Waals surface area contributed by atoms with Crippen molar-refractivity contribution in [2.24, 2.45) is 0 Å². The maximum Gasteiger partial charge on any atom is 0.212 e. The molecule has 0 aromatic carbocycles. The zero-order chi connectivity index (χ0) is 15.7. The summed E-state index contributed by atoms with van der Waals surface area (Å²) in [4.78, 5) is 8.26. The van der Waals surface area contributed by atoms with Gasteiger partial charge in [-0.2, -0.15) is 4.39 Å². The highest BCUT2D eigenvalue weighted by molar-refractivity contribution is 14.2. The van der Waals surface area contributed by atoms with Crippen LogP contribution in [0.15, 0.2) is 35.1 Å². The lowest BCUT2D eigenvalue weighted by Crippen LogP contribution is -1.97. The van der Waals surface area contributed by atoms with E-state index in [1.165, 1.54) is 21.4 Å².